The van der Waals surface area contributed by atoms with Crippen molar-refractivity contribution in [2.45, 2.75) is 45.1 Å². The second-order valence-electron chi connectivity index (χ2n) is 6.23. The van der Waals surface area contributed by atoms with E-state index >= 15 is 0 Å². The SMILES string of the molecule is c1ccc2c(c1)CN(Cc1ccc(CNC3CC3)cn1)C2. The number of rotatable bonds is 5. The quantitative estimate of drug-likeness (QED) is 0.912. The highest BCUT2D eigenvalue weighted by Crippen LogP contribution is 2.23. The van der Waals surface area contributed by atoms with Gasteiger partial charge in [-0.25, -0.2) is 0 Å². The maximum Gasteiger partial charge on any atom is 0.0544 e. The van der Waals surface area contributed by atoms with Gasteiger partial charge >= 0.3 is 0 Å². The summed E-state index contributed by atoms with van der Waals surface area (Å²) in [5, 5.41) is 3.53. The maximum absolute atomic E-state index is 4.62. The summed E-state index contributed by atoms with van der Waals surface area (Å²) in [6.07, 6.45) is 4.69. The van der Waals surface area contributed by atoms with E-state index in [1.54, 1.807) is 0 Å². The Morgan fingerprint density at radius 2 is 1.81 bits per heavy atom. The van der Waals surface area contributed by atoms with E-state index < -0.39 is 0 Å². The van der Waals surface area contributed by atoms with Crippen LogP contribution in [0.4, 0.5) is 0 Å². The zero-order valence-corrected chi connectivity index (χ0v) is 12.3. The average molecular weight is 279 g/mol. The molecule has 3 nitrogen and oxygen atoms in total. The van der Waals surface area contributed by atoms with Gasteiger partial charge in [0.1, 0.15) is 0 Å². The summed E-state index contributed by atoms with van der Waals surface area (Å²) >= 11 is 0. The molecule has 1 aromatic heterocycles. The number of fused-ring (bicyclic) bond motifs is 1. The molecule has 2 aliphatic rings. The lowest BCUT2D eigenvalue weighted by molar-refractivity contribution is 0.272. The smallest absolute Gasteiger partial charge is 0.0544 e. The van der Waals surface area contributed by atoms with Crippen LogP contribution in [0.1, 0.15) is 35.2 Å². The summed E-state index contributed by atoms with van der Waals surface area (Å²) in [7, 11) is 0. The monoisotopic (exact) mass is 279 g/mol. The van der Waals surface area contributed by atoms with Crippen molar-refractivity contribution in [3.63, 3.8) is 0 Å². The van der Waals surface area contributed by atoms with Gasteiger partial charge in [-0.3, -0.25) is 9.88 Å². The Kier molecular flexibility index (Phi) is 3.45. The third kappa shape index (κ3) is 3.14. The normalized spacial score (nSPS) is 17.9. The molecule has 4 rings (SSSR count). The van der Waals surface area contributed by atoms with Gasteiger partial charge in [0.05, 0.1) is 5.69 Å². The molecule has 1 fully saturated rings. The first kappa shape index (κ1) is 13.0. The van der Waals surface area contributed by atoms with E-state index in [0.717, 1.165) is 37.9 Å². The molecule has 0 spiro atoms. The van der Waals surface area contributed by atoms with Gasteiger partial charge in [-0.2, -0.15) is 0 Å². The number of aromatic nitrogens is 1. The maximum atomic E-state index is 4.62. The van der Waals surface area contributed by atoms with Gasteiger partial charge in [-0.15, -0.1) is 0 Å². The van der Waals surface area contributed by atoms with E-state index in [4.69, 9.17) is 0 Å². The fraction of sp³-hybridized carbons (Fsp3) is 0.389. The summed E-state index contributed by atoms with van der Waals surface area (Å²) in [6, 6.07) is 13.9. The Morgan fingerprint density at radius 1 is 1.05 bits per heavy atom. The molecular formula is C18H21N3. The van der Waals surface area contributed by atoms with Gasteiger partial charge in [-0.05, 0) is 35.6 Å². The minimum Gasteiger partial charge on any atom is -0.310 e. The largest absolute Gasteiger partial charge is 0.310 e. The Hall–Kier alpha value is -1.71. The standard InChI is InChI=1S/C18H21N3/c1-2-4-16-12-21(11-15(16)3-1)13-18-6-5-14(10-20-18)9-19-17-7-8-17/h1-6,10,17,19H,7-9,11-13H2. The second kappa shape index (κ2) is 5.58. The summed E-state index contributed by atoms with van der Waals surface area (Å²) in [5.74, 6) is 0. The van der Waals surface area contributed by atoms with E-state index in [-0.39, 0.29) is 0 Å². The third-order valence-electron chi connectivity index (χ3n) is 4.35. The fourth-order valence-corrected chi connectivity index (χ4v) is 2.95. The Morgan fingerprint density at radius 3 is 2.43 bits per heavy atom. The van der Waals surface area contributed by atoms with Gasteiger partial charge < -0.3 is 5.32 Å². The zero-order chi connectivity index (χ0) is 14.1. The summed E-state index contributed by atoms with van der Waals surface area (Å²) in [4.78, 5) is 7.08. The summed E-state index contributed by atoms with van der Waals surface area (Å²) in [5.41, 5.74) is 5.37. The van der Waals surface area contributed by atoms with E-state index in [9.17, 15) is 0 Å². The molecular weight excluding hydrogens is 258 g/mol. The summed E-state index contributed by atoms with van der Waals surface area (Å²) < 4.78 is 0. The number of nitrogens with one attached hydrogen (secondary N) is 1. The van der Waals surface area contributed by atoms with Crippen LogP contribution in [0.5, 0.6) is 0 Å². The molecule has 0 amide bonds. The first-order valence-electron chi connectivity index (χ1n) is 7.83. The van der Waals surface area contributed by atoms with Gasteiger partial charge in [0.15, 0.2) is 0 Å². The van der Waals surface area contributed by atoms with E-state index in [1.807, 2.05) is 6.20 Å². The van der Waals surface area contributed by atoms with Crippen LogP contribution < -0.4 is 5.32 Å². The van der Waals surface area contributed by atoms with Gasteiger partial charge in [-0.1, -0.05) is 30.3 Å². The predicted molar refractivity (Wildman–Crippen MR) is 83.5 cm³/mol. The van der Waals surface area contributed by atoms with Crippen molar-refractivity contribution in [1.82, 2.24) is 15.2 Å². The lowest BCUT2D eigenvalue weighted by atomic mass is 10.1. The number of hydrogen-bond donors (Lipinski definition) is 1. The van der Waals surface area contributed by atoms with Crippen molar-refractivity contribution in [1.29, 1.82) is 0 Å². The molecule has 1 aromatic carbocycles. The lowest BCUT2D eigenvalue weighted by Gasteiger charge is -2.14. The van der Waals surface area contributed by atoms with Crippen molar-refractivity contribution in [3.8, 4) is 0 Å². The van der Waals surface area contributed by atoms with E-state index in [0.29, 0.717) is 0 Å². The molecule has 1 aliphatic carbocycles. The van der Waals surface area contributed by atoms with Crippen molar-refractivity contribution in [2.24, 2.45) is 0 Å². The Bertz CT molecular complexity index is 592. The van der Waals surface area contributed by atoms with Crippen LogP contribution in [0.3, 0.4) is 0 Å². The minimum absolute atomic E-state index is 0.757. The molecule has 0 atom stereocenters. The molecule has 0 radical (unpaired) electrons. The van der Waals surface area contributed by atoms with Crippen LogP contribution >= 0.6 is 0 Å². The van der Waals surface area contributed by atoms with E-state index in [1.165, 1.54) is 29.5 Å². The predicted octanol–water partition coefficient (Wildman–Crippen LogP) is 2.85. The van der Waals surface area contributed by atoms with Crippen LogP contribution in [-0.2, 0) is 26.2 Å². The highest BCUT2D eigenvalue weighted by molar-refractivity contribution is 5.30. The molecule has 0 bridgehead atoms. The Balaban J connectivity index is 1.35. The molecule has 3 heteroatoms. The minimum atomic E-state index is 0.757. The highest BCUT2D eigenvalue weighted by Gasteiger charge is 2.20. The fourth-order valence-electron chi connectivity index (χ4n) is 2.95. The first-order valence-corrected chi connectivity index (χ1v) is 7.83. The van der Waals surface area contributed by atoms with Crippen molar-refractivity contribution in [2.75, 3.05) is 0 Å². The molecule has 108 valence electrons. The Labute approximate surface area is 126 Å². The average Bonchev–Trinajstić information content (AvgIpc) is 3.25. The van der Waals surface area contributed by atoms with Gasteiger partial charge in [0.2, 0.25) is 0 Å². The molecule has 2 aromatic rings. The summed E-state index contributed by atoms with van der Waals surface area (Å²) in [6.45, 7) is 3.98. The van der Waals surface area contributed by atoms with Crippen LogP contribution in [0.15, 0.2) is 42.6 Å². The molecule has 1 aliphatic heterocycles. The highest BCUT2D eigenvalue weighted by atomic mass is 15.1. The second-order valence-corrected chi connectivity index (χ2v) is 6.23. The molecule has 0 unspecified atom stereocenters. The number of benzene rings is 1. The number of pyridine rings is 1. The van der Waals surface area contributed by atoms with Crippen LogP contribution in [-0.4, -0.2) is 15.9 Å². The molecule has 0 saturated heterocycles. The zero-order valence-electron chi connectivity index (χ0n) is 12.3. The van der Waals surface area contributed by atoms with Crippen LogP contribution in [0, 0.1) is 0 Å². The van der Waals surface area contributed by atoms with Crippen molar-refractivity contribution in [3.05, 3.63) is 65.0 Å². The lowest BCUT2D eigenvalue weighted by Crippen LogP contribution is -2.17. The molecule has 2 heterocycles. The van der Waals surface area contributed by atoms with Crippen LogP contribution in [0.2, 0.25) is 0 Å². The van der Waals surface area contributed by atoms with Crippen molar-refractivity contribution >= 4 is 0 Å². The van der Waals surface area contributed by atoms with Gasteiger partial charge in [0.25, 0.3) is 0 Å². The molecule has 1 N–H and O–H groups in total. The topological polar surface area (TPSA) is 28.2 Å². The van der Waals surface area contributed by atoms with Crippen LogP contribution in [0.25, 0.3) is 0 Å². The molecule has 21 heavy (non-hydrogen) atoms. The first-order chi connectivity index (χ1) is 10.4. The number of hydrogen-bond acceptors (Lipinski definition) is 3. The van der Waals surface area contributed by atoms with Crippen molar-refractivity contribution < 1.29 is 0 Å². The molecule has 1 saturated carbocycles. The number of nitrogens with zero attached hydrogens (tertiary/aromatic N) is 2. The third-order valence-corrected chi connectivity index (χ3v) is 4.35. The van der Waals surface area contributed by atoms with E-state index in [2.05, 4.69) is 51.6 Å². The van der Waals surface area contributed by atoms with Gasteiger partial charge in [0, 0.05) is 38.4 Å².